The van der Waals surface area contributed by atoms with Crippen molar-refractivity contribution in [2.75, 3.05) is 5.32 Å². The molecule has 1 heterocycles. The number of rotatable bonds is 5. The molecule has 1 aromatic carbocycles. The highest BCUT2D eigenvalue weighted by atomic mass is 79.9. The second kappa shape index (κ2) is 6.89. The van der Waals surface area contributed by atoms with Crippen molar-refractivity contribution in [3.8, 4) is 0 Å². The number of nitrogens with one attached hydrogen (secondary N) is 1. The Morgan fingerprint density at radius 3 is 2.52 bits per heavy atom. The van der Waals surface area contributed by atoms with E-state index in [1.165, 1.54) is 5.56 Å². The Balaban J connectivity index is 2.05. The van der Waals surface area contributed by atoms with Crippen molar-refractivity contribution >= 4 is 27.7 Å². The number of anilines is 1. The fourth-order valence-corrected chi connectivity index (χ4v) is 2.53. The van der Waals surface area contributed by atoms with Crippen molar-refractivity contribution in [3.05, 3.63) is 46.1 Å². The first-order valence-corrected chi connectivity index (χ1v) is 7.73. The molecule has 0 fully saturated rings. The van der Waals surface area contributed by atoms with Crippen LogP contribution in [-0.2, 0) is 4.79 Å². The highest BCUT2D eigenvalue weighted by Crippen LogP contribution is 2.29. The first-order chi connectivity index (χ1) is 9.95. The van der Waals surface area contributed by atoms with Gasteiger partial charge in [0.15, 0.2) is 5.82 Å². The van der Waals surface area contributed by atoms with Crippen LogP contribution in [0.4, 0.5) is 5.82 Å². The number of benzene rings is 1. The van der Waals surface area contributed by atoms with Gasteiger partial charge in [-0.25, -0.2) is 0 Å². The summed E-state index contributed by atoms with van der Waals surface area (Å²) < 4.78 is 5.98. The molecular weight excluding hydrogens is 332 g/mol. The van der Waals surface area contributed by atoms with Gasteiger partial charge in [-0.1, -0.05) is 47.1 Å². The maximum Gasteiger partial charge on any atom is 0.226 e. The van der Waals surface area contributed by atoms with Crippen LogP contribution >= 0.6 is 15.9 Å². The van der Waals surface area contributed by atoms with E-state index in [0.717, 1.165) is 4.47 Å². The van der Waals surface area contributed by atoms with Crippen LogP contribution < -0.4 is 5.32 Å². The average Bonchev–Trinajstić information content (AvgIpc) is 2.82. The van der Waals surface area contributed by atoms with Crippen LogP contribution in [0.1, 0.15) is 37.5 Å². The molecule has 1 atom stereocenters. The van der Waals surface area contributed by atoms with Gasteiger partial charge in [-0.3, -0.25) is 4.79 Å². The Kier molecular flexibility index (Phi) is 5.17. The van der Waals surface area contributed by atoms with Gasteiger partial charge in [-0.15, -0.1) is 0 Å². The number of hydrogen-bond acceptors (Lipinski definition) is 3. The largest absolute Gasteiger partial charge is 0.360 e. The molecule has 1 N–H and O–H groups in total. The molecule has 1 unspecified atom stereocenters. The SMILES string of the molecule is Cc1cc(NC(=O)CC(c2ccc(Br)cc2)C(C)C)no1. The molecule has 0 saturated heterocycles. The summed E-state index contributed by atoms with van der Waals surface area (Å²) in [5, 5.41) is 6.56. The Morgan fingerprint density at radius 1 is 1.33 bits per heavy atom. The lowest BCUT2D eigenvalue weighted by Crippen LogP contribution is -2.18. The van der Waals surface area contributed by atoms with Crippen LogP contribution in [0.15, 0.2) is 39.3 Å². The van der Waals surface area contributed by atoms with Gasteiger partial charge in [0.05, 0.1) is 0 Å². The second-order valence-electron chi connectivity index (χ2n) is 5.48. The number of nitrogens with zero attached hydrogens (tertiary/aromatic N) is 1. The average molecular weight is 351 g/mol. The molecule has 0 spiro atoms. The maximum atomic E-state index is 12.2. The van der Waals surface area contributed by atoms with Gasteiger partial charge >= 0.3 is 0 Å². The van der Waals surface area contributed by atoms with Crippen molar-refractivity contribution in [1.82, 2.24) is 5.16 Å². The molecule has 0 bridgehead atoms. The topological polar surface area (TPSA) is 55.1 Å². The van der Waals surface area contributed by atoms with E-state index < -0.39 is 0 Å². The third-order valence-electron chi connectivity index (χ3n) is 3.40. The molecule has 5 heteroatoms. The normalized spacial score (nSPS) is 12.4. The van der Waals surface area contributed by atoms with E-state index in [1.807, 2.05) is 12.1 Å². The van der Waals surface area contributed by atoms with E-state index in [4.69, 9.17) is 4.52 Å². The van der Waals surface area contributed by atoms with E-state index in [1.54, 1.807) is 13.0 Å². The zero-order chi connectivity index (χ0) is 15.4. The number of aromatic nitrogens is 1. The number of hydrogen-bond donors (Lipinski definition) is 1. The summed E-state index contributed by atoms with van der Waals surface area (Å²) in [6.45, 7) is 6.04. The van der Waals surface area contributed by atoms with Crippen molar-refractivity contribution in [3.63, 3.8) is 0 Å². The lowest BCUT2D eigenvalue weighted by atomic mass is 9.85. The quantitative estimate of drug-likeness (QED) is 0.862. The Morgan fingerprint density at radius 2 is 2.00 bits per heavy atom. The molecule has 0 radical (unpaired) electrons. The molecule has 1 aromatic heterocycles. The van der Waals surface area contributed by atoms with E-state index in [0.29, 0.717) is 23.9 Å². The molecule has 112 valence electrons. The summed E-state index contributed by atoms with van der Waals surface area (Å²) in [6, 6.07) is 9.83. The molecular formula is C16H19BrN2O2. The molecule has 2 aromatic rings. The van der Waals surface area contributed by atoms with Gasteiger partial charge in [0.1, 0.15) is 5.76 Å². The van der Waals surface area contributed by atoms with Gasteiger partial charge in [-0.05, 0) is 36.5 Å². The molecule has 0 aliphatic heterocycles. The zero-order valence-corrected chi connectivity index (χ0v) is 14.0. The fourth-order valence-electron chi connectivity index (χ4n) is 2.27. The third kappa shape index (κ3) is 4.43. The van der Waals surface area contributed by atoms with Crippen LogP contribution in [-0.4, -0.2) is 11.1 Å². The molecule has 21 heavy (non-hydrogen) atoms. The second-order valence-corrected chi connectivity index (χ2v) is 6.39. The lowest BCUT2D eigenvalue weighted by Gasteiger charge is -2.20. The van der Waals surface area contributed by atoms with Crippen LogP contribution in [0.5, 0.6) is 0 Å². The summed E-state index contributed by atoms with van der Waals surface area (Å²) >= 11 is 3.43. The number of amides is 1. The molecule has 4 nitrogen and oxygen atoms in total. The molecule has 0 saturated carbocycles. The third-order valence-corrected chi connectivity index (χ3v) is 3.93. The smallest absolute Gasteiger partial charge is 0.226 e. The van der Waals surface area contributed by atoms with E-state index in [-0.39, 0.29) is 11.8 Å². The summed E-state index contributed by atoms with van der Waals surface area (Å²) in [5.74, 6) is 1.64. The predicted molar refractivity (Wildman–Crippen MR) is 86.2 cm³/mol. The highest BCUT2D eigenvalue weighted by Gasteiger charge is 2.20. The Bertz CT molecular complexity index is 605. The van der Waals surface area contributed by atoms with Crippen molar-refractivity contribution < 1.29 is 9.32 Å². The van der Waals surface area contributed by atoms with Gasteiger partial charge in [-0.2, -0.15) is 0 Å². The first-order valence-electron chi connectivity index (χ1n) is 6.94. The van der Waals surface area contributed by atoms with Crippen molar-refractivity contribution in [2.45, 2.75) is 33.1 Å². The van der Waals surface area contributed by atoms with Crippen molar-refractivity contribution in [2.24, 2.45) is 5.92 Å². The monoisotopic (exact) mass is 350 g/mol. The zero-order valence-electron chi connectivity index (χ0n) is 12.4. The van der Waals surface area contributed by atoms with Gasteiger partial charge in [0.2, 0.25) is 5.91 Å². The molecule has 0 aliphatic rings. The van der Waals surface area contributed by atoms with E-state index >= 15 is 0 Å². The fraction of sp³-hybridized carbons (Fsp3) is 0.375. The first kappa shape index (κ1) is 15.8. The lowest BCUT2D eigenvalue weighted by molar-refractivity contribution is -0.116. The summed E-state index contributed by atoms with van der Waals surface area (Å²) in [7, 11) is 0. The minimum absolute atomic E-state index is 0.0510. The summed E-state index contributed by atoms with van der Waals surface area (Å²) in [4.78, 5) is 12.2. The van der Waals surface area contributed by atoms with Gasteiger partial charge in [0.25, 0.3) is 0 Å². The molecule has 2 rings (SSSR count). The van der Waals surface area contributed by atoms with Crippen LogP contribution in [0.2, 0.25) is 0 Å². The molecule has 1 amide bonds. The number of carbonyl (C=O) groups excluding carboxylic acids is 1. The summed E-state index contributed by atoms with van der Waals surface area (Å²) in [6.07, 6.45) is 0.422. The highest BCUT2D eigenvalue weighted by molar-refractivity contribution is 9.10. The van der Waals surface area contributed by atoms with Crippen LogP contribution in [0.25, 0.3) is 0 Å². The van der Waals surface area contributed by atoms with Crippen molar-refractivity contribution in [1.29, 1.82) is 0 Å². The number of aryl methyl sites for hydroxylation is 1. The maximum absolute atomic E-state index is 12.2. The van der Waals surface area contributed by atoms with Gasteiger partial charge < -0.3 is 9.84 Å². The number of carbonyl (C=O) groups is 1. The number of halogens is 1. The minimum atomic E-state index is -0.0510. The molecule has 0 aliphatic carbocycles. The predicted octanol–water partition coefficient (Wildman–Crippen LogP) is 4.51. The van der Waals surface area contributed by atoms with E-state index in [2.05, 4.69) is 52.4 Å². The standard InChI is InChI=1S/C16H19BrN2O2/c1-10(2)14(12-4-6-13(17)7-5-12)9-16(20)18-15-8-11(3)21-19-15/h4-8,10,14H,9H2,1-3H3,(H,18,19,20). The van der Waals surface area contributed by atoms with Crippen LogP contribution in [0, 0.1) is 12.8 Å². The van der Waals surface area contributed by atoms with E-state index in [9.17, 15) is 4.79 Å². The minimum Gasteiger partial charge on any atom is -0.360 e. The Hall–Kier alpha value is -1.62. The Labute approximate surface area is 133 Å². The summed E-state index contributed by atoms with van der Waals surface area (Å²) in [5.41, 5.74) is 1.17. The van der Waals surface area contributed by atoms with Gasteiger partial charge in [0, 0.05) is 17.0 Å². The van der Waals surface area contributed by atoms with Crippen LogP contribution in [0.3, 0.4) is 0 Å².